The molecule has 0 aliphatic rings. The second kappa shape index (κ2) is 7.27. The lowest BCUT2D eigenvalue weighted by Crippen LogP contribution is -2.36. The Morgan fingerprint density at radius 1 is 0.966 bits per heavy atom. The Balaban J connectivity index is 1.69. The number of rotatable bonds is 5. The van der Waals surface area contributed by atoms with Gasteiger partial charge in [-0.3, -0.25) is 14.8 Å². The summed E-state index contributed by atoms with van der Waals surface area (Å²) in [6.45, 7) is 3.48. The first-order chi connectivity index (χ1) is 13.9. The van der Waals surface area contributed by atoms with Crippen LogP contribution in [0.3, 0.4) is 0 Å². The molecule has 4 rings (SSSR count). The second-order valence-electron chi connectivity index (χ2n) is 7.15. The lowest BCUT2D eigenvalue weighted by atomic mass is 9.87. The van der Waals surface area contributed by atoms with Gasteiger partial charge in [0.1, 0.15) is 11.4 Å². The fourth-order valence-electron chi connectivity index (χ4n) is 2.82. The Hall–Kier alpha value is -3.87. The van der Waals surface area contributed by atoms with Crippen LogP contribution in [0.1, 0.15) is 19.5 Å². The average Bonchev–Trinajstić information content (AvgIpc) is 3.25. The van der Waals surface area contributed by atoms with Gasteiger partial charge in [0.25, 0.3) is 0 Å². The van der Waals surface area contributed by atoms with Gasteiger partial charge in [-0.25, -0.2) is 4.98 Å². The van der Waals surface area contributed by atoms with E-state index < -0.39 is 11.3 Å². The molecular weight excluding hydrogens is 366 g/mol. The molecule has 0 fully saturated rings. The highest BCUT2D eigenvalue weighted by atomic mass is 16.5. The number of hydrogen-bond acceptors (Lipinski definition) is 6. The van der Waals surface area contributed by atoms with Crippen molar-refractivity contribution in [3.8, 4) is 34.0 Å². The predicted molar refractivity (Wildman–Crippen MR) is 108 cm³/mol. The number of nitrogens with two attached hydrogens (primary N) is 1. The van der Waals surface area contributed by atoms with Crippen molar-refractivity contribution in [2.45, 2.75) is 19.3 Å². The number of carbonyl (C=O) groups excluding carboxylic acids is 1. The number of nitrogens with zero attached hydrogens (tertiary/aromatic N) is 4. The Bertz CT molecular complexity index is 1170. The van der Waals surface area contributed by atoms with E-state index in [1.54, 1.807) is 38.5 Å². The summed E-state index contributed by atoms with van der Waals surface area (Å²) >= 11 is 0. The zero-order chi connectivity index (χ0) is 20.4. The molecule has 0 unspecified atom stereocenters. The van der Waals surface area contributed by atoms with Gasteiger partial charge in [0.15, 0.2) is 5.76 Å². The molecule has 7 heteroatoms. The van der Waals surface area contributed by atoms with Crippen LogP contribution >= 0.6 is 0 Å². The maximum absolute atomic E-state index is 11.8. The fourth-order valence-corrected chi connectivity index (χ4v) is 2.82. The molecule has 0 atom stereocenters. The van der Waals surface area contributed by atoms with Crippen molar-refractivity contribution in [2.24, 2.45) is 5.73 Å². The normalized spacial score (nSPS) is 11.4. The van der Waals surface area contributed by atoms with Crippen molar-refractivity contribution in [3.63, 3.8) is 0 Å². The van der Waals surface area contributed by atoms with Crippen LogP contribution in [-0.2, 0) is 10.2 Å². The standard InChI is InChI=1S/C22H19N5O2/c1-22(2,21(23)28)20-10-15(8-9-25-20)17-12-24-13-18(26-17)19-11-16(27-29-19)14-6-4-3-5-7-14/h3-13H,1-2H3,(H2,23,28). The molecule has 4 aromatic rings. The third kappa shape index (κ3) is 3.62. The Kier molecular flexibility index (Phi) is 4.64. The topological polar surface area (TPSA) is 108 Å². The number of benzene rings is 1. The molecule has 0 radical (unpaired) electrons. The summed E-state index contributed by atoms with van der Waals surface area (Å²) in [4.78, 5) is 25.0. The third-order valence-corrected chi connectivity index (χ3v) is 4.78. The number of pyridine rings is 1. The van der Waals surface area contributed by atoms with Gasteiger partial charge in [0.05, 0.1) is 29.2 Å². The number of amides is 1. The number of carbonyl (C=O) groups is 1. The summed E-state index contributed by atoms with van der Waals surface area (Å²) in [7, 11) is 0. The van der Waals surface area contributed by atoms with Gasteiger partial charge in [0, 0.05) is 23.4 Å². The lowest BCUT2D eigenvalue weighted by Gasteiger charge is -2.20. The van der Waals surface area contributed by atoms with Crippen LogP contribution in [0.4, 0.5) is 0 Å². The summed E-state index contributed by atoms with van der Waals surface area (Å²) < 4.78 is 5.48. The molecule has 144 valence electrons. The molecule has 3 aromatic heterocycles. The van der Waals surface area contributed by atoms with Crippen LogP contribution < -0.4 is 5.73 Å². The Morgan fingerprint density at radius 3 is 2.48 bits per heavy atom. The van der Waals surface area contributed by atoms with E-state index in [4.69, 9.17) is 10.3 Å². The van der Waals surface area contributed by atoms with Crippen molar-refractivity contribution in [3.05, 3.63) is 72.8 Å². The van der Waals surface area contributed by atoms with E-state index in [1.807, 2.05) is 42.5 Å². The van der Waals surface area contributed by atoms with E-state index >= 15 is 0 Å². The summed E-state index contributed by atoms with van der Waals surface area (Å²) in [5.74, 6) is 0.0713. The molecule has 0 saturated heterocycles. The van der Waals surface area contributed by atoms with Crippen molar-refractivity contribution >= 4 is 5.91 Å². The largest absolute Gasteiger partial charge is 0.369 e. The summed E-state index contributed by atoms with van der Waals surface area (Å²) in [5.41, 5.74) is 8.84. The molecule has 0 spiro atoms. The van der Waals surface area contributed by atoms with Crippen LogP contribution in [0.5, 0.6) is 0 Å². The molecule has 1 aromatic carbocycles. The monoisotopic (exact) mass is 385 g/mol. The van der Waals surface area contributed by atoms with Gasteiger partial charge in [-0.15, -0.1) is 0 Å². The third-order valence-electron chi connectivity index (χ3n) is 4.78. The maximum Gasteiger partial charge on any atom is 0.229 e. The molecule has 0 aliphatic heterocycles. The van der Waals surface area contributed by atoms with E-state index in [0.29, 0.717) is 22.8 Å². The fraction of sp³-hybridized carbons (Fsp3) is 0.136. The van der Waals surface area contributed by atoms with Gasteiger partial charge in [-0.05, 0) is 26.0 Å². The van der Waals surface area contributed by atoms with Crippen LogP contribution in [0.15, 0.2) is 71.6 Å². The first-order valence-electron chi connectivity index (χ1n) is 9.06. The van der Waals surface area contributed by atoms with Gasteiger partial charge >= 0.3 is 0 Å². The van der Waals surface area contributed by atoms with Gasteiger partial charge < -0.3 is 10.3 Å². The molecule has 0 aliphatic carbocycles. The Labute approximate surface area is 167 Å². The molecule has 0 saturated carbocycles. The minimum absolute atomic E-state index is 0.447. The first-order valence-corrected chi connectivity index (χ1v) is 9.06. The minimum Gasteiger partial charge on any atom is -0.369 e. The van der Waals surface area contributed by atoms with Crippen molar-refractivity contribution in [1.29, 1.82) is 0 Å². The SMILES string of the molecule is CC(C)(C(N)=O)c1cc(-c2cncc(-c3cc(-c4ccccc4)no3)n2)ccn1. The number of primary amides is 1. The number of aromatic nitrogens is 4. The smallest absolute Gasteiger partial charge is 0.229 e. The second-order valence-corrected chi connectivity index (χ2v) is 7.15. The van der Waals surface area contributed by atoms with E-state index in [1.165, 1.54) is 0 Å². The van der Waals surface area contributed by atoms with Crippen molar-refractivity contribution < 1.29 is 9.32 Å². The van der Waals surface area contributed by atoms with Crippen LogP contribution in [0, 0.1) is 0 Å². The first kappa shape index (κ1) is 18.5. The van der Waals surface area contributed by atoms with E-state index in [0.717, 1.165) is 16.8 Å². The highest BCUT2D eigenvalue weighted by Crippen LogP contribution is 2.28. The molecule has 2 N–H and O–H groups in total. The highest BCUT2D eigenvalue weighted by Gasteiger charge is 2.29. The highest BCUT2D eigenvalue weighted by molar-refractivity contribution is 5.85. The summed E-state index contributed by atoms with van der Waals surface area (Å²) in [6, 6.07) is 15.2. The zero-order valence-corrected chi connectivity index (χ0v) is 16.0. The van der Waals surface area contributed by atoms with E-state index in [2.05, 4.69) is 20.1 Å². The summed E-state index contributed by atoms with van der Waals surface area (Å²) in [6.07, 6.45) is 4.90. The van der Waals surface area contributed by atoms with Crippen molar-refractivity contribution in [1.82, 2.24) is 20.1 Å². The lowest BCUT2D eigenvalue weighted by molar-refractivity contribution is -0.122. The average molecular weight is 385 g/mol. The molecule has 3 heterocycles. The maximum atomic E-state index is 11.8. The Morgan fingerprint density at radius 2 is 1.72 bits per heavy atom. The molecular formula is C22H19N5O2. The van der Waals surface area contributed by atoms with Crippen molar-refractivity contribution in [2.75, 3.05) is 0 Å². The summed E-state index contributed by atoms with van der Waals surface area (Å²) in [5, 5.41) is 4.13. The van der Waals surface area contributed by atoms with E-state index in [-0.39, 0.29) is 0 Å². The number of hydrogen-bond donors (Lipinski definition) is 1. The molecule has 1 amide bonds. The molecule has 0 bridgehead atoms. The van der Waals surface area contributed by atoms with E-state index in [9.17, 15) is 4.79 Å². The van der Waals surface area contributed by atoms with Crippen LogP contribution in [-0.4, -0.2) is 26.0 Å². The quantitative estimate of drug-likeness (QED) is 0.562. The minimum atomic E-state index is -0.892. The van der Waals surface area contributed by atoms with Crippen LogP contribution in [0.25, 0.3) is 34.0 Å². The zero-order valence-electron chi connectivity index (χ0n) is 16.0. The van der Waals surface area contributed by atoms with Gasteiger partial charge in [-0.1, -0.05) is 35.5 Å². The van der Waals surface area contributed by atoms with Gasteiger partial charge in [0.2, 0.25) is 5.91 Å². The van der Waals surface area contributed by atoms with Crippen LogP contribution in [0.2, 0.25) is 0 Å². The van der Waals surface area contributed by atoms with Gasteiger partial charge in [-0.2, -0.15) is 0 Å². The molecule has 29 heavy (non-hydrogen) atoms. The molecule has 7 nitrogen and oxygen atoms in total. The predicted octanol–water partition coefficient (Wildman–Crippen LogP) is 3.62.